The molecule has 0 spiro atoms. The van der Waals surface area contributed by atoms with E-state index in [2.05, 4.69) is 42.4 Å². The molecule has 0 bridgehead atoms. The summed E-state index contributed by atoms with van der Waals surface area (Å²) in [4.78, 5) is 31.0. The van der Waals surface area contributed by atoms with Crippen LogP contribution in [0.25, 0.3) is 15.8 Å². The van der Waals surface area contributed by atoms with E-state index in [0.29, 0.717) is 13.0 Å². The summed E-state index contributed by atoms with van der Waals surface area (Å²) in [7, 11) is 0. The zero-order valence-corrected chi connectivity index (χ0v) is 19.5. The van der Waals surface area contributed by atoms with Gasteiger partial charge in [-0.15, -0.1) is 24.0 Å². The molecule has 2 aromatic rings. The topological polar surface area (TPSA) is 61.8 Å². The highest BCUT2D eigenvalue weighted by Crippen LogP contribution is 2.33. The number of thiophene rings is 1. The second-order valence-corrected chi connectivity index (χ2v) is 9.98. The average molecular weight is 444 g/mol. The Labute approximate surface area is 187 Å². The molecule has 7 heteroatoms. The van der Waals surface area contributed by atoms with E-state index in [1.165, 1.54) is 4.70 Å². The van der Waals surface area contributed by atoms with Crippen LogP contribution in [0.3, 0.4) is 0 Å². The van der Waals surface area contributed by atoms with Crippen LogP contribution >= 0.6 is 24.0 Å². The molecule has 1 N–H and O–H groups in total. The summed E-state index contributed by atoms with van der Waals surface area (Å²) in [6.07, 6.45) is 3.38. The molecule has 1 saturated heterocycles. The number of hydrogen-bond acceptors (Lipinski definition) is 5. The average Bonchev–Trinajstić information content (AvgIpc) is 3.29. The van der Waals surface area contributed by atoms with Crippen LogP contribution < -0.4 is 5.32 Å². The number of amides is 2. The number of hydrogen-bond donors (Lipinski definition) is 2. The van der Waals surface area contributed by atoms with Gasteiger partial charge in [0.1, 0.15) is 6.04 Å². The normalized spacial score (nSPS) is 21.4. The first-order valence-corrected chi connectivity index (χ1v) is 11.5. The molecule has 1 aliphatic rings. The minimum atomic E-state index is -0.572. The Morgan fingerprint density at radius 3 is 2.77 bits per heavy atom. The van der Waals surface area contributed by atoms with Gasteiger partial charge in [-0.05, 0) is 29.2 Å². The first-order valence-electron chi connectivity index (χ1n) is 10.1. The first-order chi connectivity index (χ1) is 14.3. The van der Waals surface area contributed by atoms with Crippen molar-refractivity contribution in [2.45, 2.75) is 46.2 Å². The number of carbonyl (C=O) groups is 2. The predicted molar refractivity (Wildman–Crippen MR) is 129 cm³/mol. The molecule has 0 saturated carbocycles. The molecule has 1 unspecified atom stereocenters. The van der Waals surface area contributed by atoms with Crippen LogP contribution in [0.2, 0.25) is 0 Å². The van der Waals surface area contributed by atoms with Gasteiger partial charge in [0.25, 0.3) is 0 Å². The minimum Gasteiger partial charge on any atom is -0.346 e. The molecule has 1 aromatic heterocycles. The molecule has 1 aliphatic heterocycles. The lowest BCUT2D eigenvalue weighted by Crippen LogP contribution is -2.54. The van der Waals surface area contributed by atoms with E-state index in [1.807, 2.05) is 44.0 Å². The van der Waals surface area contributed by atoms with E-state index in [1.54, 1.807) is 16.7 Å². The van der Waals surface area contributed by atoms with Crippen molar-refractivity contribution in [1.29, 1.82) is 0 Å². The SMILES string of the molecule is C[C@H]1CCN(C(=O)C(NC=O)C(C)(C)C)[C@@H]1C=N/C(=C\S)c1csc2ccccc12. The van der Waals surface area contributed by atoms with Gasteiger partial charge in [0, 0.05) is 33.8 Å². The fourth-order valence-electron chi connectivity index (χ4n) is 3.89. The maximum Gasteiger partial charge on any atom is 0.246 e. The van der Waals surface area contributed by atoms with Gasteiger partial charge in [0.05, 0.1) is 11.7 Å². The summed E-state index contributed by atoms with van der Waals surface area (Å²) in [5, 5.41) is 7.67. The molecular weight excluding hydrogens is 414 g/mol. The van der Waals surface area contributed by atoms with Gasteiger partial charge in [-0.3, -0.25) is 14.6 Å². The Balaban J connectivity index is 1.86. The first kappa shape index (κ1) is 22.6. The Bertz CT molecular complexity index is 974. The Morgan fingerprint density at radius 1 is 1.37 bits per heavy atom. The van der Waals surface area contributed by atoms with Gasteiger partial charge in [0.2, 0.25) is 12.3 Å². The maximum absolute atomic E-state index is 13.3. The standard InChI is InChI=1S/C23H29N3O2S2/c1-15-9-10-26(22(28)21(25-14-27)23(2,3)4)19(15)11-24-18(12-29)17-13-30-20-8-6-5-7-16(17)20/h5-8,11-15,19,21,29H,9-10H2,1-4H3,(H,25,27)/b18-12-,24-11?/t15-,19+,21?/m0/s1. The summed E-state index contributed by atoms with van der Waals surface area (Å²) in [5.74, 6) is 0.225. The van der Waals surface area contributed by atoms with Crippen LogP contribution in [0.15, 0.2) is 40.0 Å². The van der Waals surface area contributed by atoms with Crippen molar-refractivity contribution in [3.63, 3.8) is 0 Å². The lowest BCUT2D eigenvalue weighted by atomic mass is 9.85. The molecular formula is C23H29N3O2S2. The van der Waals surface area contributed by atoms with Gasteiger partial charge in [-0.2, -0.15) is 0 Å². The lowest BCUT2D eigenvalue weighted by molar-refractivity contribution is -0.137. The Hall–Kier alpha value is -2.12. The third kappa shape index (κ3) is 4.62. The third-order valence-electron chi connectivity index (χ3n) is 5.64. The van der Waals surface area contributed by atoms with E-state index < -0.39 is 6.04 Å². The molecule has 0 aliphatic carbocycles. The van der Waals surface area contributed by atoms with Crippen LogP contribution in [0.5, 0.6) is 0 Å². The molecule has 2 amide bonds. The maximum atomic E-state index is 13.3. The molecule has 160 valence electrons. The minimum absolute atomic E-state index is 0.0622. The van der Waals surface area contributed by atoms with Gasteiger partial charge < -0.3 is 10.2 Å². The summed E-state index contributed by atoms with van der Waals surface area (Å²) in [5.41, 5.74) is 1.44. The van der Waals surface area contributed by atoms with Crippen molar-refractivity contribution < 1.29 is 9.59 Å². The zero-order valence-electron chi connectivity index (χ0n) is 17.8. The van der Waals surface area contributed by atoms with Gasteiger partial charge in [0.15, 0.2) is 0 Å². The molecule has 30 heavy (non-hydrogen) atoms. The van der Waals surface area contributed by atoms with Crippen molar-refractivity contribution in [2.75, 3.05) is 6.54 Å². The molecule has 1 aromatic carbocycles. The van der Waals surface area contributed by atoms with Crippen LogP contribution in [0, 0.1) is 11.3 Å². The molecule has 3 rings (SSSR count). The number of nitrogens with zero attached hydrogens (tertiary/aromatic N) is 2. The smallest absolute Gasteiger partial charge is 0.246 e. The van der Waals surface area contributed by atoms with Crippen LogP contribution in [-0.4, -0.2) is 42.1 Å². The zero-order chi connectivity index (χ0) is 21.9. The van der Waals surface area contributed by atoms with E-state index in [0.717, 1.165) is 23.1 Å². The summed E-state index contributed by atoms with van der Waals surface area (Å²) >= 11 is 6.07. The number of fused-ring (bicyclic) bond motifs is 1. The highest BCUT2D eigenvalue weighted by molar-refractivity contribution is 7.83. The lowest BCUT2D eigenvalue weighted by Gasteiger charge is -2.34. The quantitative estimate of drug-likeness (QED) is 0.389. The van der Waals surface area contributed by atoms with Crippen molar-refractivity contribution in [2.24, 2.45) is 16.3 Å². The van der Waals surface area contributed by atoms with Crippen molar-refractivity contribution in [1.82, 2.24) is 10.2 Å². The van der Waals surface area contributed by atoms with Crippen molar-refractivity contribution in [3.05, 3.63) is 40.6 Å². The van der Waals surface area contributed by atoms with E-state index in [9.17, 15) is 9.59 Å². The number of rotatable bonds is 6. The fraction of sp³-hybridized carbons (Fsp3) is 0.435. The van der Waals surface area contributed by atoms with Gasteiger partial charge in [-0.25, -0.2) is 0 Å². The van der Waals surface area contributed by atoms with Gasteiger partial charge in [-0.1, -0.05) is 45.9 Å². The summed E-state index contributed by atoms with van der Waals surface area (Å²) in [6, 6.07) is 7.53. The number of aliphatic imine (C=N–C) groups is 1. The monoisotopic (exact) mass is 443 g/mol. The molecule has 3 atom stereocenters. The Morgan fingerprint density at radius 2 is 2.10 bits per heavy atom. The number of likely N-dealkylation sites (tertiary alicyclic amines) is 1. The largest absolute Gasteiger partial charge is 0.346 e. The highest BCUT2D eigenvalue weighted by Gasteiger charge is 2.40. The second kappa shape index (κ2) is 9.35. The third-order valence-corrected chi connectivity index (χ3v) is 6.85. The predicted octanol–water partition coefficient (Wildman–Crippen LogP) is 4.60. The van der Waals surface area contributed by atoms with Crippen molar-refractivity contribution >= 4 is 58.3 Å². The summed E-state index contributed by atoms with van der Waals surface area (Å²) in [6.45, 7) is 8.66. The van der Waals surface area contributed by atoms with Crippen LogP contribution in [0.4, 0.5) is 0 Å². The molecule has 1 fully saturated rings. The summed E-state index contributed by atoms with van der Waals surface area (Å²) < 4.78 is 1.20. The number of nitrogens with one attached hydrogen (secondary N) is 1. The second-order valence-electron chi connectivity index (χ2n) is 8.81. The molecule has 2 heterocycles. The number of benzene rings is 1. The number of thiol groups is 1. The fourth-order valence-corrected chi connectivity index (χ4v) is 5.05. The highest BCUT2D eigenvalue weighted by atomic mass is 32.1. The van der Waals surface area contributed by atoms with Crippen LogP contribution in [-0.2, 0) is 9.59 Å². The number of carbonyl (C=O) groups excluding carboxylic acids is 2. The van der Waals surface area contributed by atoms with Crippen molar-refractivity contribution in [3.8, 4) is 0 Å². The van der Waals surface area contributed by atoms with E-state index in [4.69, 9.17) is 4.99 Å². The van der Waals surface area contributed by atoms with Crippen LogP contribution in [0.1, 0.15) is 39.7 Å². The van der Waals surface area contributed by atoms with Gasteiger partial charge >= 0.3 is 0 Å². The molecule has 5 nitrogen and oxygen atoms in total. The van der Waals surface area contributed by atoms with E-state index >= 15 is 0 Å². The Kier molecular flexibility index (Phi) is 7.03. The molecule has 0 radical (unpaired) electrons. The van der Waals surface area contributed by atoms with E-state index in [-0.39, 0.29) is 23.3 Å².